The lowest BCUT2D eigenvalue weighted by Gasteiger charge is -2.04. The van der Waals surface area contributed by atoms with Gasteiger partial charge in [-0.25, -0.2) is 0 Å². The molecule has 0 aliphatic carbocycles. The summed E-state index contributed by atoms with van der Waals surface area (Å²) in [7, 11) is 0. The van der Waals surface area contributed by atoms with E-state index in [9.17, 15) is 4.79 Å². The molecule has 0 aliphatic heterocycles. The molecule has 1 nitrogen and oxygen atoms in total. The summed E-state index contributed by atoms with van der Waals surface area (Å²) in [6.45, 7) is 4.03. The van der Waals surface area contributed by atoms with Crippen LogP contribution < -0.4 is 0 Å². The van der Waals surface area contributed by atoms with E-state index in [-0.39, 0.29) is 5.24 Å². The lowest BCUT2D eigenvalue weighted by Crippen LogP contribution is -1.97. The molecule has 12 heavy (non-hydrogen) atoms. The van der Waals surface area contributed by atoms with Gasteiger partial charge in [0.05, 0.1) is 0 Å². The quantitative estimate of drug-likeness (QED) is 0.643. The first kappa shape index (κ1) is 9.27. The van der Waals surface area contributed by atoms with Crippen molar-refractivity contribution in [3.63, 3.8) is 0 Å². The maximum Gasteiger partial charge on any atom is 0.226 e. The zero-order valence-corrected chi connectivity index (χ0v) is 7.98. The van der Waals surface area contributed by atoms with Crippen LogP contribution in [0.25, 0.3) is 0 Å². The summed E-state index contributed by atoms with van der Waals surface area (Å²) in [6, 6.07) is 5.90. The van der Waals surface area contributed by atoms with Crippen molar-refractivity contribution < 1.29 is 4.79 Å². The Morgan fingerprint density at radius 2 is 2.08 bits per heavy atom. The zero-order valence-electron chi connectivity index (χ0n) is 7.23. The number of aryl methyl sites for hydroxylation is 1. The van der Waals surface area contributed by atoms with Crippen molar-refractivity contribution in [1.29, 1.82) is 0 Å². The molecule has 1 rings (SSSR count). The van der Waals surface area contributed by atoms with E-state index < -0.39 is 0 Å². The van der Waals surface area contributed by atoms with E-state index in [0.29, 0.717) is 6.42 Å². The van der Waals surface area contributed by atoms with E-state index in [2.05, 4.69) is 0 Å². The van der Waals surface area contributed by atoms with Crippen molar-refractivity contribution in [1.82, 2.24) is 0 Å². The summed E-state index contributed by atoms with van der Waals surface area (Å²) < 4.78 is 0. The number of benzene rings is 1. The van der Waals surface area contributed by atoms with Gasteiger partial charge in [0.25, 0.3) is 0 Å². The van der Waals surface area contributed by atoms with E-state index >= 15 is 0 Å². The number of halogens is 1. The van der Waals surface area contributed by atoms with Crippen LogP contribution in [-0.2, 0) is 11.2 Å². The Bertz CT molecular complexity index is 305. The minimum Gasteiger partial charge on any atom is -0.281 e. The number of rotatable bonds is 2. The van der Waals surface area contributed by atoms with Gasteiger partial charge in [0.15, 0.2) is 0 Å². The molecule has 0 bridgehead atoms. The normalized spacial score (nSPS) is 9.92. The number of carbonyl (C=O) groups excluding carboxylic acids is 1. The van der Waals surface area contributed by atoms with Crippen LogP contribution in [0.4, 0.5) is 0 Å². The van der Waals surface area contributed by atoms with Gasteiger partial charge in [0, 0.05) is 6.42 Å². The van der Waals surface area contributed by atoms with Crippen LogP contribution in [0.1, 0.15) is 16.7 Å². The Labute approximate surface area is 77.4 Å². The van der Waals surface area contributed by atoms with E-state index in [1.165, 1.54) is 5.56 Å². The summed E-state index contributed by atoms with van der Waals surface area (Å²) >= 11 is 5.30. The van der Waals surface area contributed by atoms with Crippen LogP contribution in [0.3, 0.4) is 0 Å². The molecule has 0 atom stereocenters. The van der Waals surface area contributed by atoms with E-state index in [1.807, 2.05) is 32.0 Å². The molecule has 0 fully saturated rings. The monoisotopic (exact) mass is 182 g/mol. The standard InChI is InChI=1S/C10H11ClO/c1-7-4-3-5-9(8(7)2)6-10(11)12/h3-5H,6H2,1-2H3. The smallest absolute Gasteiger partial charge is 0.226 e. The summed E-state index contributed by atoms with van der Waals surface area (Å²) in [6.07, 6.45) is 0.328. The van der Waals surface area contributed by atoms with E-state index in [0.717, 1.165) is 11.1 Å². The molecule has 64 valence electrons. The van der Waals surface area contributed by atoms with Crippen molar-refractivity contribution in [3.05, 3.63) is 34.9 Å². The summed E-state index contributed by atoms with van der Waals surface area (Å²) in [5.74, 6) is 0. The van der Waals surface area contributed by atoms with Crippen molar-refractivity contribution in [3.8, 4) is 0 Å². The summed E-state index contributed by atoms with van der Waals surface area (Å²) in [4.78, 5) is 10.6. The lowest BCUT2D eigenvalue weighted by atomic mass is 10.0. The minimum atomic E-state index is -0.302. The highest BCUT2D eigenvalue weighted by Crippen LogP contribution is 2.13. The van der Waals surface area contributed by atoms with Gasteiger partial charge in [0.2, 0.25) is 5.24 Å². The third-order valence-electron chi connectivity index (χ3n) is 2.05. The molecule has 2 heteroatoms. The maximum absolute atomic E-state index is 10.6. The predicted molar refractivity (Wildman–Crippen MR) is 50.5 cm³/mol. The van der Waals surface area contributed by atoms with Gasteiger partial charge in [-0.3, -0.25) is 4.79 Å². The molecule has 0 aromatic heterocycles. The molecule has 0 aliphatic rings. The van der Waals surface area contributed by atoms with E-state index in [1.54, 1.807) is 0 Å². The highest BCUT2D eigenvalue weighted by molar-refractivity contribution is 6.63. The van der Waals surface area contributed by atoms with E-state index in [4.69, 9.17) is 11.6 Å². The average molecular weight is 183 g/mol. The Kier molecular flexibility index (Phi) is 2.88. The third-order valence-corrected chi connectivity index (χ3v) is 2.18. The lowest BCUT2D eigenvalue weighted by molar-refractivity contribution is -0.111. The Morgan fingerprint density at radius 3 is 2.67 bits per heavy atom. The van der Waals surface area contributed by atoms with Crippen LogP contribution in [0.5, 0.6) is 0 Å². The summed E-state index contributed by atoms with van der Waals surface area (Å²) in [5, 5.41) is -0.302. The second-order valence-corrected chi connectivity index (χ2v) is 3.31. The molecule has 0 spiro atoms. The molecule has 0 saturated heterocycles. The Morgan fingerprint density at radius 1 is 1.42 bits per heavy atom. The number of carbonyl (C=O) groups is 1. The predicted octanol–water partition coefficient (Wildman–Crippen LogP) is 2.61. The first-order valence-corrected chi connectivity index (χ1v) is 4.22. The van der Waals surface area contributed by atoms with Crippen molar-refractivity contribution in [2.75, 3.05) is 0 Å². The molecule has 0 unspecified atom stereocenters. The van der Waals surface area contributed by atoms with Crippen molar-refractivity contribution in [2.45, 2.75) is 20.3 Å². The van der Waals surface area contributed by atoms with Gasteiger partial charge in [-0.1, -0.05) is 18.2 Å². The second kappa shape index (κ2) is 3.72. The van der Waals surface area contributed by atoms with Crippen LogP contribution >= 0.6 is 11.6 Å². The molecular formula is C10H11ClO. The molecule has 0 radical (unpaired) electrons. The first-order valence-electron chi connectivity index (χ1n) is 3.84. The largest absolute Gasteiger partial charge is 0.281 e. The van der Waals surface area contributed by atoms with Crippen molar-refractivity contribution in [2.24, 2.45) is 0 Å². The highest BCUT2D eigenvalue weighted by Gasteiger charge is 2.03. The van der Waals surface area contributed by atoms with Crippen LogP contribution in [0.15, 0.2) is 18.2 Å². The Hall–Kier alpha value is -0.820. The fraction of sp³-hybridized carbons (Fsp3) is 0.300. The topological polar surface area (TPSA) is 17.1 Å². The first-order chi connectivity index (χ1) is 5.61. The Balaban J connectivity index is 3.00. The molecule has 1 aromatic rings. The number of hydrogen-bond donors (Lipinski definition) is 0. The van der Waals surface area contributed by atoms with Gasteiger partial charge in [-0.2, -0.15) is 0 Å². The molecule has 0 N–H and O–H groups in total. The average Bonchev–Trinajstić information content (AvgIpc) is 1.98. The van der Waals surface area contributed by atoms with Crippen LogP contribution in [0, 0.1) is 13.8 Å². The molecule has 1 aromatic carbocycles. The third kappa shape index (κ3) is 2.08. The van der Waals surface area contributed by atoms with Crippen molar-refractivity contribution >= 4 is 16.8 Å². The molecule has 0 saturated carbocycles. The second-order valence-electron chi connectivity index (χ2n) is 2.89. The van der Waals surface area contributed by atoms with Crippen LogP contribution in [-0.4, -0.2) is 5.24 Å². The molecule has 0 amide bonds. The van der Waals surface area contributed by atoms with Gasteiger partial charge < -0.3 is 0 Å². The number of hydrogen-bond acceptors (Lipinski definition) is 1. The zero-order chi connectivity index (χ0) is 9.14. The van der Waals surface area contributed by atoms with Gasteiger partial charge in [-0.15, -0.1) is 0 Å². The van der Waals surface area contributed by atoms with Gasteiger partial charge in [0.1, 0.15) is 0 Å². The molecule has 0 heterocycles. The summed E-state index contributed by atoms with van der Waals surface area (Å²) in [5.41, 5.74) is 3.38. The van der Waals surface area contributed by atoms with Gasteiger partial charge >= 0.3 is 0 Å². The minimum absolute atomic E-state index is 0.302. The fourth-order valence-corrected chi connectivity index (χ4v) is 1.30. The SMILES string of the molecule is Cc1cccc(CC(=O)Cl)c1C. The fourth-order valence-electron chi connectivity index (χ4n) is 1.15. The maximum atomic E-state index is 10.6. The van der Waals surface area contributed by atoms with Gasteiger partial charge in [-0.05, 0) is 42.1 Å². The van der Waals surface area contributed by atoms with Crippen LogP contribution in [0.2, 0.25) is 0 Å². The highest BCUT2D eigenvalue weighted by atomic mass is 35.5. The molecular weight excluding hydrogens is 172 g/mol.